The highest BCUT2D eigenvalue weighted by atomic mass is 19.4. The third-order valence-corrected chi connectivity index (χ3v) is 2.96. The number of benzene rings is 1. The van der Waals surface area contributed by atoms with E-state index in [1.807, 2.05) is 19.1 Å². The molecule has 1 atom stereocenters. The molecular weight excluding hydrogens is 329 g/mol. The van der Waals surface area contributed by atoms with Crippen molar-refractivity contribution >= 4 is 11.8 Å². The Bertz CT molecular complexity index is 547. The second-order valence-electron chi connectivity index (χ2n) is 5.00. The Kier molecular flexibility index (Phi) is 7.66. The fourth-order valence-corrected chi connectivity index (χ4v) is 1.78. The molecule has 0 radical (unpaired) electrons. The third-order valence-electron chi connectivity index (χ3n) is 2.96. The number of halogens is 3. The highest BCUT2D eigenvalue weighted by molar-refractivity contribution is 6.35. The van der Waals surface area contributed by atoms with Crippen LogP contribution >= 0.6 is 0 Å². The van der Waals surface area contributed by atoms with Gasteiger partial charge in [-0.2, -0.15) is 13.2 Å². The van der Waals surface area contributed by atoms with Gasteiger partial charge < -0.3 is 20.5 Å². The third kappa shape index (κ3) is 7.42. The number of nitrogens with one attached hydrogen (secondary N) is 2. The molecule has 0 aliphatic heterocycles. The Hall–Kier alpha value is -2.13. The van der Waals surface area contributed by atoms with E-state index in [-0.39, 0.29) is 19.8 Å². The minimum Gasteiger partial charge on any atom is -0.394 e. The maximum absolute atomic E-state index is 12.0. The molecule has 1 aromatic carbocycles. The monoisotopic (exact) mass is 348 g/mol. The first-order chi connectivity index (χ1) is 11.2. The van der Waals surface area contributed by atoms with Gasteiger partial charge in [0.2, 0.25) is 0 Å². The second-order valence-corrected chi connectivity index (χ2v) is 5.00. The number of ether oxygens (including phenoxy) is 1. The van der Waals surface area contributed by atoms with Crippen LogP contribution in [0.2, 0.25) is 0 Å². The van der Waals surface area contributed by atoms with Gasteiger partial charge in [0.1, 0.15) is 6.54 Å². The van der Waals surface area contributed by atoms with Gasteiger partial charge >= 0.3 is 18.0 Å². The average Bonchev–Trinajstić information content (AvgIpc) is 2.52. The van der Waals surface area contributed by atoms with Gasteiger partial charge in [-0.15, -0.1) is 0 Å². The number of carbonyl (C=O) groups is 2. The molecule has 134 valence electrons. The fraction of sp³-hybridized carbons (Fsp3) is 0.467. The molecule has 1 rings (SSSR count). The topological polar surface area (TPSA) is 87.7 Å². The number of carbonyl (C=O) groups excluding carboxylic acids is 2. The first-order valence-corrected chi connectivity index (χ1v) is 7.14. The molecule has 24 heavy (non-hydrogen) atoms. The maximum atomic E-state index is 12.0. The van der Waals surface area contributed by atoms with E-state index in [4.69, 9.17) is 9.84 Å². The van der Waals surface area contributed by atoms with Gasteiger partial charge in [-0.3, -0.25) is 9.59 Å². The van der Waals surface area contributed by atoms with Crippen molar-refractivity contribution in [2.45, 2.75) is 19.2 Å². The molecule has 0 fully saturated rings. The zero-order chi connectivity index (χ0) is 18.2. The van der Waals surface area contributed by atoms with Crippen molar-refractivity contribution in [1.82, 2.24) is 10.6 Å². The highest BCUT2D eigenvalue weighted by Gasteiger charge is 2.29. The number of aliphatic hydroxyl groups excluding tert-OH is 1. The predicted octanol–water partition coefficient (Wildman–Crippen LogP) is 0.840. The lowest BCUT2D eigenvalue weighted by Crippen LogP contribution is -2.44. The molecule has 0 aliphatic rings. The number of aryl methyl sites for hydroxylation is 1. The van der Waals surface area contributed by atoms with Crippen LogP contribution in [-0.2, 0) is 14.3 Å². The van der Waals surface area contributed by atoms with Crippen LogP contribution in [0.3, 0.4) is 0 Å². The van der Waals surface area contributed by atoms with Crippen molar-refractivity contribution in [3.8, 4) is 0 Å². The predicted molar refractivity (Wildman–Crippen MR) is 79.0 cm³/mol. The maximum Gasteiger partial charge on any atom is 0.405 e. The summed E-state index contributed by atoms with van der Waals surface area (Å²) in [5.74, 6) is -2.57. The van der Waals surface area contributed by atoms with E-state index >= 15 is 0 Å². The van der Waals surface area contributed by atoms with Gasteiger partial charge in [-0.25, -0.2) is 0 Å². The number of hydrogen-bond donors (Lipinski definition) is 3. The zero-order valence-corrected chi connectivity index (χ0v) is 13.0. The molecule has 6 nitrogen and oxygen atoms in total. The number of rotatable bonds is 7. The summed E-state index contributed by atoms with van der Waals surface area (Å²) in [4.78, 5) is 22.8. The molecule has 0 spiro atoms. The molecule has 1 aromatic rings. The Morgan fingerprint density at radius 2 is 1.75 bits per heavy atom. The lowest BCUT2D eigenvalue weighted by Gasteiger charge is -2.19. The van der Waals surface area contributed by atoms with Crippen LogP contribution in [-0.4, -0.2) is 49.4 Å². The summed E-state index contributed by atoms with van der Waals surface area (Å²) in [7, 11) is 0. The molecule has 0 aromatic heterocycles. The average molecular weight is 348 g/mol. The summed E-state index contributed by atoms with van der Waals surface area (Å²) in [5, 5.41) is 12.5. The molecule has 2 amide bonds. The van der Waals surface area contributed by atoms with Crippen molar-refractivity contribution in [2.75, 3.05) is 26.3 Å². The minimum atomic E-state index is -4.59. The van der Waals surface area contributed by atoms with Crippen LogP contribution < -0.4 is 10.6 Å². The van der Waals surface area contributed by atoms with Gasteiger partial charge in [-0.1, -0.05) is 29.8 Å². The van der Waals surface area contributed by atoms with Crippen LogP contribution in [0, 0.1) is 6.92 Å². The van der Waals surface area contributed by atoms with E-state index in [1.165, 1.54) is 5.32 Å². The van der Waals surface area contributed by atoms with Crippen LogP contribution in [0.5, 0.6) is 0 Å². The smallest absolute Gasteiger partial charge is 0.394 e. The standard InChI is InChI=1S/C15H19F3N2O4/c1-10-2-4-11(5-3-10)12(24-7-6-21)8-19-13(22)14(23)20-9-15(16,17)18/h2-5,12,21H,6-9H2,1H3,(H,19,22)(H,20,23). The molecule has 0 bridgehead atoms. The summed E-state index contributed by atoms with van der Waals surface area (Å²) < 4.78 is 41.4. The molecule has 0 heterocycles. The lowest BCUT2D eigenvalue weighted by atomic mass is 10.1. The van der Waals surface area contributed by atoms with E-state index < -0.39 is 30.6 Å². The van der Waals surface area contributed by atoms with E-state index in [2.05, 4.69) is 5.32 Å². The Balaban J connectivity index is 2.59. The molecule has 0 saturated carbocycles. The van der Waals surface area contributed by atoms with Crippen molar-refractivity contribution in [2.24, 2.45) is 0 Å². The summed E-state index contributed by atoms with van der Waals surface area (Å²) in [6, 6.07) is 7.16. The number of aliphatic hydroxyl groups is 1. The number of hydrogen-bond acceptors (Lipinski definition) is 4. The summed E-state index contributed by atoms with van der Waals surface area (Å²) in [5.41, 5.74) is 1.71. The van der Waals surface area contributed by atoms with Gasteiger partial charge in [0, 0.05) is 6.54 Å². The summed E-state index contributed by atoms with van der Waals surface area (Å²) in [6.07, 6.45) is -5.23. The van der Waals surface area contributed by atoms with Crippen LogP contribution in [0.15, 0.2) is 24.3 Å². The van der Waals surface area contributed by atoms with E-state index in [0.717, 1.165) is 5.56 Å². The highest BCUT2D eigenvalue weighted by Crippen LogP contribution is 2.17. The number of amides is 2. The zero-order valence-electron chi connectivity index (χ0n) is 13.0. The molecule has 0 aliphatic carbocycles. The van der Waals surface area contributed by atoms with Gasteiger partial charge in [0.15, 0.2) is 0 Å². The summed E-state index contributed by atoms with van der Waals surface area (Å²) >= 11 is 0. The molecule has 1 unspecified atom stereocenters. The number of alkyl halides is 3. The van der Waals surface area contributed by atoms with Crippen molar-refractivity contribution in [3.05, 3.63) is 35.4 Å². The SMILES string of the molecule is Cc1ccc(C(CNC(=O)C(=O)NCC(F)(F)F)OCCO)cc1. The molecular formula is C15H19F3N2O4. The molecule has 0 saturated heterocycles. The Morgan fingerprint density at radius 3 is 2.29 bits per heavy atom. The van der Waals surface area contributed by atoms with E-state index in [9.17, 15) is 22.8 Å². The van der Waals surface area contributed by atoms with Crippen LogP contribution in [0.1, 0.15) is 17.2 Å². The van der Waals surface area contributed by atoms with E-state index in [0.29, 0.717) is 5.56 Å². The van der Waals surface area contributed by atoms with Crippen molar-refractivity contribution < 1.29 is 32.6 Å². The first kappa shape index (κ1) is 19.9. The van der Waals surface area contributed by atoms with Gasteiger partial charge in [0.05, 0.1) is 19.3 Å². The quantitative estimate of drug-likeness (QED) is 0.637. The van der Waals surface area contributed by atoms with Crippen molar-refractivity contribution in [1.29, 1.82) is 0 Å². The van der Waals surface area contributed by atoms with Gasteiger partial charge in [0.25, 0.3) is 0 Å². The normalized spacial score (nSPS) is 12.5. The largest absolute Gasteiger partial charge is 0.405 e. The Labute approximate surface area is 137 Å². The lowest BCUT2D eigenvalue weighted by molar-refractivity contribution is -0.146. The minimum absolute atomic E-state index is 0.00861. The van der Waals surface area contributed by atoms with Crippen LogP contribution in [0.25, 0.3) is 0 Å². The van der Waals surface area contributed by atoms with E-state index in [1.54, 1.807) is 12.1 Å². The van der Waals surface area contributed by atoms with Crippen molar-refractivity contribution in [3.63, 3.8) is 0 Å². The fourth-order valence-electron chi connectivity index (χ4n) is 1.78. The van der Waals surface area contributed by atoms with Gasteiger partial charge in [-0.05, 0) is 12.5 Å². The first-order valence-electron chi connectivity index (χ1n) is 7.14. The van der Waals surface area contributed by atoms with Crippen LogP contribution in [0.4, 0.5) is 13.2 Å². The molecule has 9 heteroatoms. The second kappa shape index (κ2) is 9.24. The molecule has 3 N–H and O–H groups in total. The summed E-state index contributed by atoms with van der Waals surface area (Å²) in [6.45, 7) is -0.0415. The Morgan fingerprint density at radius 1 is 1.17 bits per heavy atom.